The van der Waals surface area contributed by atoms with Crippen LogP contribution >= 0.6 is 0 Å². The van der Waals surface area contributed by atoms with E-state index in [1.54, 1.807) is 6.19 Å². The maximum absolute atomic E-state index is 10.3. The number of carbonyl (C=O) groups excluding carboxylic acids is 1. The highest BCUT2D eigenvalue weighted by Crippen LogP contribution is 1.93. The minimum Gasteiger partial charge on any atom is -0.368 e. The van der Waals surface area contributed by atoms with Gasteiger partial charge in [-0.3, -0.25) is 15.1 Å². The SMILES string of the molecule is CC(C)C(=NCC(N)=O)NC#N. The van der Waals surface area contributed by atoms with Crippen LogP contribution in [0.25, 0.3) is 0 Å². The Labute approximate surface area is 71.3 Å². The third kappa shape index (κ3) is 4.28. The Hall–Kier alpha value is -1.57. The van der Waals surface area contributed by atoms with Crippen LogP contribution in [0.3, 0.4) is 0 Å². The molecule has 0 saturated heterocycles. The minimum absolute atomic E-state index is 0.0812. The van der Waals surface area contributed by atoms with E-state index in [9.17, 15) is 4.79 Å². The van der Waals surface area contributed by atoms with E-state index in [0.29, 0.717) is 5.84 Å². The molecule has 0 heterocycles. The summed E-state index contributed by atoms with van der Waals surface area (Å²) in [5.41, 5.74) is 4.88. The van der Waals surface area contributed by atoms with Crippen molar-refractivity contribution in [2.45, 2.75) is 13.8 Å². The number of primary amides is 1. The molecule has 0 aromatic heterocycles. The molecule has 0 bridgehead atoms. The number of nitriles is 1. The Kier molecular flexibility index (Phi) is 4.46. The van der Waals surface area contributed by atoms with Gasteiger partial charge in [0.25, 0.3) is 0 Å². The molecule has 0 saturated carbocycles. The molecule has 0 unspecified atom stereocenters. The zero-order valence-corrected chi connectivity index (χ0v) is 7.16. The van der Waals surface area contributed by atoms with Gasteiger partial charge < -0.3 is 5.73 Å². The van der Waals surface area contributed by atoms with Crippen molar-refractivity contribution < 1.29 is 4.79 Å². The highest BCUT2D eigenvalue weighted by Gasteiger charge is 2.03. The number of aliphatic imine (C=N–C) groups is 1. The molecule has 5 nitrogen and oxygen atoms in total. The van der Waals surface area contributed by atoms with E-state index in [1.807, 2.05) is 13.8 Å². The van der Waals surface area contributed by atoms with E-state index >= 15 is 0 Å². The van der Waals surface area contributed by atoms with Crippen LogP contribution in [0.2, 0.25) is 0 Å². The van der Waals surface area contributed by atoms with E-state index in [1.165, 1.54) is 0 Å². The van der Waals surface area contributed by atoms with Crippen LogP contribution in [-0.2, 0) is 4.79 Å². The number of carbonyl (C=O) groups is 1. The quantitative estimate of drug-likeness (QED) is 0.260. The van der Waals surface area contributed by atoms with Crippen LogP contribution in [0, 0.1) is 17.4 Å². The lowest BCUT2D eigenvalue weighted by molar-refractivity contribution is -0.116. The average Bonchev–Trinajstić information content (AvgIpc) is 1.96. The zero-order chi connectivity index (χ0) is 9.56. The highest BCUT2D eigenvalue weighted by atomic mass is 16.1. The molecule has 3 N–H and O–H groups in total. The molecule has 0 aliphatic heterocycles. The third-order valence-electron chi connectivity index (χ3n) is 1.14. The van der Waals surface area contributed by atoms with Gasteiger partial charge in [-0.15, -0.1) is 0 Å². The summed E-state index contributed by atoms with van der Waals surface area (Å²) in [6.07, 6.45) is 1.74. The number of nitrogens with two attached hydrogens (primary N) is 1. The molecule has 0 fully saturated rings. The molecule has 0 radical (unpaired) electrons. The first kappa shape index (κ1) is 10.4. The Bertz CT molecular complexity index is 226. The minimum atomic E-state index is -0.507. The molecule has 0 rings (SSSR count). The topological polar surface area (TPSA) is 91.3 Å². The molecule has 0 aliphatic rings. The van der Waals surface area contributed by atoms with Gasteiger partial charge in [0, 0.05) is 5.92 Å². The first-order valence-electron chi connectivity index (χ1n) is 3.55. The van der Waals surface area contributed by atoms with Crippen LogP contribution in [0.1, 0.15) is 13.8 Å². The lowest BCUT2D eigenvalue weighted by atomic mass is 10.2. The zero-order valence-electron chi connectivity index (χ0n) is 7.16. The molecule has 0 spiro atoms. The van der Waals surface area contributed by atoms with Gasteiger partial charge in [0.2, 0.25) is 5.91 Å². The van der Waals surface area contributed by atoms with E-state index in [2.05, 4.69) is 10.3 Å². The first-order chi connectivity index (χ1) is 5.57. The van der Waals surface area contributed by atoms with E-state index in [4.69, 9.17) is 11.0 Å². The molecule has 0 atom stereocenters. The number of amides is 1. The average molecular weight is 168 g/mol. The number of nitrogens with one attached hydrogen (secondary N) is 1. The summed E-state index contributed by atoms with van der Waals surface area (Å²) in [7, 11) is 0. The molecule has 5 heteroatoms. The number of hydrogen-bond acceptors (Lipinski definition) is 3. The molecule has 0 aromatic rings. The van der Waals surface area contributed by atoms with Gasteiger partial charge >= 0.3 is 0 Å². The number of nitrogens with zero attached hydrogens (tertiary/aromatic N) is 2. The van der Waals surface area contributed by atoms with Crippen LogP contribution in [0.15, 0.2) is 4.99 Å². The smallest absolute Gasteiger partial charge is 0.239 e. The van der Waals surface area contributed by atoms with Crippen molar-refractivity contribution in [2.75, 3.05) is 6.54 Å². The fourth-order valence-electron chi connectivity index (χ4n) is 0.587. The Morgan fingerprint density at radius 3 is 2.67 bits per heavy atom. The normalized spacial score (nSPS) is 11.0. The maximum atomic E-state index is 10.3. The second-order valence-electron chi connectivity index (χ2n) is 2.56. The fraction of sp³-hybridized carbons (Fsp3) is 0.571. The Morgan fingerprint density at radius 1 is 1.75 bits per heavy atom. The van der Waals surface area contributed by atoms with Crippen molar-refractivity contribution in [3.05, 3.63) is 0 Å². The van der Waals surface area contributed by atoms with Gasteiger partial charge in [-0.05, 0) is 0 Å². The van der Waals surface area contributed by atoms with Crippen molar-refractivity contribution in [3.63, 3.8) is 0 Å². The number of hydrogen-bond donors (Lipinski definition) is 2. The van der Waals surface area contributed by atoms with Gasteiger partial charge in [0.1, 0.15) is 12.4 Å². The van der Waals surface area contributed by atoms with Crippen molar-refractivity contribution in [1.82, 2.24) is 5.32 Å². The van der Waals surface area contributed by atoms with E-state index in [0.717, 1.165) is 0 Å². The van der Waals surface area contributed by atoms with Gasteiger partial charge in [-0.1, -0.05) is 13.8 Å². The Morgan fingerprint density at radius 2 is 2.33 bits per heavy atom. The molecule has 0 aliphatic carbocycles. The summed E-state index contributed by atoms with van der Waals surface area (Å²) < 4.78 is 0. The van der Waals surface area contributed by atoms with Crippen LogP contribution < -0.4 is 11.1 Å². The highest BCUT2D eigenvalue weighted by molar-refractivity contribution is 5.87. The lowest BCUT2D eigenvalue weighted by Crippen LogP contribution is -2.26. The van der Waals surface area contributed by atoms with Crippen LogP contribution in [0.5, 0.6) is 0 Å². The summed E-state index contributed by atoms with van der Waals surface area (Å²) in [4.78, 5) is 14.2. The first-order valence-corrected chi connectivity index (χ1v) is 3.55. The summed E-state index contributed by atoms with van der Waals surface area (Å²) in [5, 5.41) is 10.7. The standard InChI is InChI=1S/C7H12N4O/c1-5(2)7(11-4-8)10-3-6(9)12/h5H,3H2,1-2H3,(H2,9,12)(H,10,11). The predicted octanol–water partition coefficient (Wildman–Crippen LogP) is -0.403. The second-order valence-corrected chi connectivity index (χ2v) is 2.56. The molecular formula is C7H12N4O. The van der Waals surface area contributed by atoms with Gasteiger partial charge in [0.05, 0.1) is 0 Å². The molecule has 66 valence electrons. The number of amidine groups is 1. The van der Waals surface area contributed by atoms with Crippen LogP contribution in [-0.4, -0.2) is 18.3 Å². The molecular weight excluding hydrogens is 156 g/mol. The lowest BCUT2D eigenvalue weighted by Gasteiger charge is -2.05. The van der Waals surface area contributed by atoms with E-state index < -0.39 is 5.91 Å². The molecule has 1 amide bonds. The summed E-state index contributed by atoms with van der Waals surface area (Å²) in [6.45, 7) is 3.65. The summed E-state index contributed by atoms with van der Waals surface area (Å²) in [5.74, 6) is 0.0631. The summed E-state index contributed by atoms with van der Waals surface area (Å²) in [6, 6.07) is 0. The van der Waals surface area contributed by atoms with Crippen molar-refractivity contribution >= 4 is 11.7 Å². The number of rotatable bonds is 3. The van der Waals surface area contributed by atoms with Gasteiger partial charge in [-0.25, -0.2) is 0 Å². The molecule has 0 aromatic carbocycles. The van der Waals surface area contributed by atoms with Crippen LogP contribution in [0.4, 0.5) is 0 Å². The monoisotopic (exact) mass is 168 g/mol. The third-order valence-corrected chi connectivity index (χ3v) is 1.14. The predicted molar refractivity (Wildman–Crippen MR) is 45.1 cm³/mol. The van der Waals surface area contributed by atoms with Crippen molar-refractivity contribution in [1.29, 1.82) is 5.26 Å². The summed E-state index contributed by atoms with van der Waals surface area (Å²) >= 11 is 0. The fourth-order valence-corrected chi connectivity index (χ4v) is 0.587. The maximum Gasteiger partial charge on any atom is 0.239 e. The van der Waals surface area contributed by atoms with Crippen molar-refractivity contribution in [3.8, 4) is 6.19 Å². The van der Waals surface area contributed by atoms with Gasteiger partial charge in [0.15, 0.2) is 6.19 Å². The van der Waals surface area contributed by atoms with Crippen molar-refractivity contribution in [2.24, 2.45) is 16.6 Å². The van der Waals surface area contributed by atoms with Gasteiger partial charge in [-0.2, -0.15) is 5.26 Å². The second kappa shape index (κ2) is 5.13. The van der Waals surface area contributed by atoms with E-state index in [-0.39, 0.29) is 12.5 Å². The Balaban J connectivity index is 4.20. The molecule has 12 heavy (non-hydrogen) atoms. The largest absolute Gasteiger partial charge is 0.368 e.